The lowest BCUT2D eigenvalue weighted by Crippen LogP contribution is -2.64. The lowest BCUT2D eigenvalue weighted by atomic mass is 9.76. The molecule has 0 unspecified atom stereocenters. The molecular formula is C34H65N9O13. The summed E-state index contributed by atoms with van der Waals surface area (Å²) in [7, 11) is 0. The first-order chi connectivity index (χ1) is 26.6. The Bertz CT molecular complexity index is 1270. The third-order valence-corrected chi connectivity index (χ3v) is 11.6. The Morgan fingerprint density at radius 1 is 0.786 bits per heavy atom. The van der Waals surface area contributed by atoms with Crippen LogP contribution in [0.15, 0.2) is 4.99 Å². The van der Waals surface area contributed by atoms with E-state index in [4.69, 9.17) is 68.6 Å². The molecule has 5 fully saturated rings. The number of carbonyl (C=O) groups excluding carboxylic acids is 1. The molecule has 56 heavy (non-hydrogen) atoms. The molecule has 22 nitrogen and oxygen atoms in total. The number of ether oxygens (including phenoxy) is 6. The number of nitrogens with one attached hydrogen (secondary N) is 1. The van der Waals surface area contributed by atoms with E-state index in [-0.39, 0.29) is 50.5 Å². The molecule has 0 spiro atoms. The molecule has 2 aliphatic carbocycles. The third kappa shape index (κ3) is 11.1. The number of rotatable bonds is 18. The Kier molecular flexibility index (Phi) is 16.6. The SMILES string of the molecule is NC[C@@H]1O[C@H](O[C@H]2[C@@H](O)[C@H](O[C@@H]3[C@@H](O)[C@H](CC(=O)[C@@H](O)CCN=C(N)N)C[C@H](N)[C@H]3O[C@H]3O[C@H](CNCC4CC(N)C4)CC[C@H]3N)O[C@@H]2CO)[C@H](N)[C@@H](O)[C@@H]1O. The van der Waals surface area contributed by atoms with E-state index < -0.39 is 116 Å². The van der Waals surface area contributed by atoms with Gasteiger partial charge in [-0.1, -0.05) is 0 Å². The maximum atomic E-state index is 13.1. The Labute approximate surface area is 325 Å². The fourth-order valence-corrected chi connectivity index (χ4v) is 8.17. The zero-order valence-corrected chi connectivity index (χ0v) is 31.6. The number of aliphatic hydroxyl groups excluding tert-OH is 6. The topological polar surface area (TPSA) is 400 Å². The highest BCUT2D eigenvalue weighted by molar-refractivity contribution is 5.83. The van der Waals surface area contributed by atoms with Crippen LogP contribution in [0.25, 0.3) is 0 Å². The zero-order valence-electron chi connectivity index (χ0n) is 31.6. The number of guanidine groups is 1. The van der Waals surface area contributed by atoms with Crippen molar-refractivity contribution in [3.63, 3.8) is 0 Å². The van der Waals surface area contributed by atoms with Gasteiger partial charge in [0.15, 0.2) is 30.6 Å². The van der Waals surface area contributed by atoms with Gasteiger partial charge in [0, 0.05) is 44.6 Å². The summed E-state index contributed by atoms with van der Waals surface area (Å²) < 4.78 is 36.5. The smallest absolute Gasteiger partial charge is 0.187 e. The van der Waals surface area contributed by atoms with Crippen LogP contribution in [0.2, 0.25) is 0 Å². The van der Waals surface area contributed by atoms with E-state index in [1.165, 1.54) is 0 Å². The molecule has 5 rings (SSSR count). The number of carbonyl (C=O) groups is 1. The first kappa shape index (κ1) is 45.3. The summed E-state index contributed by atoms with van der Waals surface area (Å²) in [5, 5.41) is 68.3. The number of hydrogen-bond acceptors (Lipinski definition) is 20. The number of aliphatic hydroxyl groups is 6. The molecule has 18 atom stereocenters. The summed E-state index contributed by atoms with van der Waals surface area (Å²) in [5.74, 6) is -1.10. The average Bonchev–Trinajstić information content (AvgIpc) is 3.44. The van der Waals surface area contributed by atoms with Crippen molar-refractivity contribution in [2.75, 3.05) is 32.8 Å². The molecule has 0 radical (unpaired) electrons. The van der Waals surface area contributed by atoms with Crippen LogP contribution in [-0.2, 0) is 33.2 Å². The van der Waals surface area contributed by atoms with Crippen LogP contribution >= 0.6 is 0 Å². The number of ketones is 1. The second-order valence-electron chi connectivity index (χ2n) is 15.9. The summed E-state index contributed by atoms with van der Waals surface area (Å²) >= 11 is 0. The largest absolute Gasteiger partial charge is 0.394 e. The van der Waals surface area contributed by atoms with Gasteiger partial charge in [-0.3, -0.25) is 9.79 Å². The molecule has 0 bridgehead atoms. The molecule has 3 saturated heterocycles. The van der Waals surface area contributed by atoms with Crippen LogP contribution in [0.1, 0.15) is 44.9 Å². The van der Waals surface area contributed by atoms with Gasteiger partial charge in [0.1, 0.15) is 54.9 Å². The average molecular weight is 808 g/mol. The maximum Gasteiger partial charge on any atom is 0.187 e. The van der Waals surface area contributed by atoms with Crippen LogP contribution in [0.5, 0.6) is 0 Å². The van der Waals surface area contributed by atoms with Gasteiger partial charge in [-0.25, -0.2) is 0 Å². The van der Waals surface area contributed by atoms with Gasteiger partial charge in [-0.05, 0) is 50.5 Å². The molecular weight excluding hydrogens is 742 g/mol. The standard InChI is InChI=1S/C34H65N9O13/c35-9-21-25(48)26(49)23(39)32(52-21)55-29-22(12-44)53-33(27(29)50)56-30-24(47)14(8-20(46)19(45)3-4-43-34(40)41)7-18(38)28(30)54-31-17(37)2-1-16(51-31)11-42-10-13-5-15(36)6-13/h13-19,21-33,42,44-45,47-50H,1-12,35-39H2,(H4,40,41,43)/t13?,14-,15?,16-,17+,18-,19-,21-,22+,23+,24-,25+,26+,27+,28+,29+,30+,31+,32+,33-/m0/s1. The third-order valence-electron chi connectivity index (χ3n) is 11.6. The molecule has 3 aliphatic heterocycles. The Morgan fingerprint density at radius 3 is 2.12 bits per heavy atom. The van der Waals surface area contributed by atoms with Crippen molar-refractivity contribution < 1.29 is 63.9 Å². The molecule has 2 saturated carbocycles. The van der Waals surface area contributed by atoms with E-state index in [0.29, 0.717) is 25.3 Å². The predicted octanol–water partition coefficient (Wildman–Crippen LogP) is -7.20. The number of hydrogen-bond donors (Lipinski definition) is 14. The van der Waals surface area contributed by atoms with Crippen molar-refractivity contribution >= 4 is 11.7 Å². The van der Waals surface area contributed by atoms with Gasteiger partial charge in [0.25, 0.3) is 0 Å². The van der Waals surface area contributed by atoms with Crippen LogP contribution in [0.3, 0.4) is 0 Å². The number of nitrogens with two attached hydrogens (primary N) is 7. The van der Waals surface area contributed by atoms with E-state index in [2.05, 4.69) is 10.3 Å². The number of aliphatic imine (C=N–C) groups is 1. The van der Waals surface area contributed by atoms with E-state index in [1.807, 2.05) is 0 Å². The van der Waals surface area contributed by atoms with Crippen molar-refractivity contribution in [2.45, 2.75) is 155 Å². The minimum Gasteiger partial charge on any atom is -0.394 e. The normalized spacial score (nSPS) is 44.9. The number of nitrogens with zero attached hydrogens (tertiary/aromatic N) is 1. The maximum absolute atomic E-state index is 13.1. The van der Waals surface area contributed by atoms with Gasteiger partial charge >= 0.3 is 0 Å². The highest BCUT2D eigenvalue weighted by Gasteiger charge is 2.54. The summed E-state index contributed by atoms with van der Waals surface area (Å²) in [6.45, 7) is 0.525. The fraction of sp³-hybridized carbons (Fsp3) is 0.941. The minimum atomic E-state index is -1.64. The summed E-state index contributed by atoms with van der Waals surface area (Å²) in [5.41, 5.74) is 41.6. The molecule has 0 aromatic carbocycles. The monoisotopic (exact) mass is 807 g/mol. The molecule has 22 heteroatoms. The fourth-order valence-electron chi connectivity index (χ4n) is 8.17. The number of Topliss-reactive ketones (excluding diaryl/α,β-unsaturated/α-hetero) is 1. The second kappa shape index (κ2) is 20.5. The zero-order chi connectivity index (χ0) is 40.8. The van der Waals surface area contributed by atoms with E-state index >= 15 is 0 Å². The lowest BCUT2D eigenvalue weighted by Gasteiger charge is -2.46. The van der Waals surface area contributed by atoms with Crippen molar-refractivity contribution in [2.24, 2.45) is 57.0 Å². The Balaban J connectivity index is 1.30. The van der Waals surface area contributed by atoms with Crippen LogP contribution in [0, 0.1) is 11.8 Å². The molecule has 5 aliphatic rings. The molecule has 3 heterocycles. The van der Waals surface area contributed by atoms with Gasteiger partial charge in [-0.2, -0.15) is 0 Å². The van der Waals surface area contributed by atoms with Crippen molar-refractivity contribution in [3.05, 3.63) is 0 Å². The van der Waals surface area contributed by atoms with E-state index in [9.17, 15) is 35.4 Å². The second-order valence-corrected chi connectivity index (χ2v) is 15.9. The Morgan fingerprint density at radius 2 is 1.46 bits per heavy atom. The first-order valence-corrected chi connectivity index (χ1v) is 19.6. The molecule has 21 N–H and O–H groups in total. The van der Waals surface area contributed by atoms with Gasteiger partial charge in [0.05, 0.1) is 30.9 Å². The Hall–Kier alpha value is -1.78. The van der Waals surface area contributed by atoms with Crippen LogP contribution in [-0.4, -0.2) is 185 Å². The molecule has 0 aromatic rings. The molecule has 0 aromatic heterocycles. The molecule has 0 amide bonds. The first-order valence-electron chi connectivity index (χ1n) is 19.6. The van der Waals surface area contributed by atoms with Gasteiger partial charge in [-0.15, -0.1) is 0 Å². The van der Waals surface area contributed by atoms with Crippen LogP contribution in [0.4, 0.5) is 0 Å². The van der Waals surface area contributed by atoms with Crippen molar-refractivity contribution in [1.29, 1.82) is 0 Å². The van der Waals surface area contributed by atoms with Crippen molar-refractivity contribution in [3.8, 4) is 0 Å². The van der Waals surface area contributed by atoms with Gasteiger partial charge in [0.2, 0.25) is 0 Å². The molecule has 324 valence electrons. The summed E-state index contributed by atoms with van der Waals surface area (Å²) in [4.78, 5) is 16.9. The summed E-state index contributed by atoms with van der Waals surface area (Å²) in [6.07, 6.45) is -14.7. The lowest BCUT2D eigenvalue weighted by molar-refractivity contribution is -0.292. The minimum absolute atomic E-state index is 0.00587. The van der Waals surface area contributed by atoms with Gasteiger partial charge < -0.3 is 105 Å². The summed E-state index contributed by atoms with van der Waals surface area (Å²) in [6, 6.07) is -2.45. The van der Waals surface area contributed by atoms with Crippen molar-refractivity contribution in [1.82, 2.24) is 5.32 Å². The quantitative estimate of drug-likeness (QED) is 0.0452. The van der Waals surface area contributed by atoms with Crippen LogP contribution < -0.4 is 45.5 Å². The highest BCUT2D eigenvalue weighted by atomic mass is 16.8. The highest BCUT2D eigenvalue weighted by Crippen LogP contribution is 2.37. The predicted molar refractivity (Wildman–Crippen MR) is 197 cm³/mol. The van der Waals surface area contributed by atoms with E-state index in [0.717, 1.165) is 19.4 Å². The van der Waals surface area contributed by atoms with E-state index in [1.54, 1.807) is 0 Å².